The number of aromatic nitrogens is 2. The molecule has 0 unspecified atom stereocenters. The van der Waals surface area contributed by atoms with Crippen LogP contribution in [0.15, 0.2) is 35.1 Å². The van der Waals surface area contributed by atoms with E-state index in [1.54, 1.807) is 18.2 Å². The number of aromatic amines is 1. The van der Waals surface area contributed by atoms with E-state index in [1.807, 2.05) is 30.9 Å². The Morgan fingerprint density at radius 2 is 1.83 bits per heavy atom. The summed E-state index contributed by atoms with van der Waals surface area (Å²) in [6.07, 6.45) is 3.98. The second-order valence-electron chi connectivity index (χ2n) is 7.93. The van der Waals surface area contributed by atoms with Gasteiger partial charge in [-0.25, -0.2) is 4.79 Å². The van der Waals surface area contributed by atoms with Crippen molar-refractivity contribution in [3.05, 3.63) is 63.3 Å². The van der Waals surface area contributed by atoms with Crippen molar-refractivity contribution in [2.45, 2.75) is 46.1 Å². The highest BCUT2D eigenvalue weighted by molar-refractivity contribution is 5.94. The average molecular weight is 396 g/mol. The molecular formula is C22H28N4O3. The molecule has 2 aromatic rings. The van der Waals surface area contributed by atoms with Gasteiger partial charge in [-0.05, 0) is 55.4 Å². The number of nitrogens with one attached hydrogen (secondary N) is 2. The monoisotopic (exact) mass is 396 g/mol. The van der Waals surface area contributed by atoms with E-state index >= 15 is 0 Å². The van der Waals surface area contributed by atoms with Gasteiger partial charge in [0.05, 0.1) is 0 Å². The van der Waals surface area contributed by atoms with Crippen LogP contribution >= 0.6 is 0 Å². The predicted octanol–water partition coefficient (Wildman–Crippen LogP) is 2.52. The van der Waals surface area contributed by atoms with Gasteiger partial charge < -0.3 is 15.2 Å². The first-order valence-electron chi connectivity index (χ1n) is 10.2. The number of amides is 2. The van der Waals surface area contributed by atoms with Gasteiger partial charge in [0.15, 0.2) is 0 Å². The van der Waals surface area contributed by atoms with Crippen LogP contribution in [0.1, 0.15) is 65.2 Å². The lowest BCUT2D eigenvalue weighted by Gasteiger charge is -2.26. The fourth-order valence-electron chi connectivity index (χ4n) is 3.49. The van der Waals surface area contributed by atoms with E-state index in [1.165, 1.54) is 6.42 Å². The highest BCUT2D eigenvalue weighted by Gasteiger charge is 2.18. The van der Waals surface area contributed by atoms with Crippen LogP contribution in [0.25, 0.3) is 0 Å². The number of carbonyl (C=O) groups is 2. The molecule has 0 radical (unpaired) electrons. The minimum Gasteiger partial charge on any atom is -0.347 e. The van der Waals surface area contributed by atoms with E-state index < -0.39 is 11.6 Å². The number of rotatable bonds is 6. The predicted molar refractivity (Wildman–Crippen MR) is 111 cm³/mol. The van der Waals surface area contributed by atoms with E-state index in [0.29, 0.717) is 30.1 Å². The number of H-pyrrole nitrogens is 1. The van der Waals surface area contributed by atoms with Gasteiger partial charge in [0.25, 0.3) is 11.8 Å². The van der Waals surface area contributed by atoms with Gasteiger partial charge in [0, 0.05) is 30.9 Å². The Kier molecular flexibility index (Phi) is 6.80. The Hall–Kier alpha value is -2.96. The SMILES string of the molecule is CC(C)Cc1cc(C(=O)NCc2ccc(C(=O)N3CCCCC3)cc2)nc(=O)[nH]1. The fraction of sp³-hybridized carbons (Fsp3) is 0.455. The zero-order valence-electron chi connectivity index (χ0n) is 17.0. The van der Waals surface area contributed by atoms with Crippen molar-refractivity contribution < 1.29 is 9.59 Å². The second-order valence-corrected chi connectivity index (χ2v) is 7.93. The summed E-state index contributed by atoms with van der Waals surface area (Å²) in [6.45, 7) is 6.01. The molecule has 0 atom stereocenters. The van der Waals surface area contributed by atoms with Gasteiger partial charge in [-0.3, -0.25) is 9.59 Å². The molecule has 2 amide bonds. The molecule has 0 aliphatic carbocycles. The van der Waals surface area contributed by atoms with Crippen LogP contribution in [0.4, 0.5) is 0 Å². The molecule has 1 fully saturated rings. The van der Waals surface area contributed by atoms with Crippen LogP contribution in [-0.4, -0.2) is 39.8 Å². The minimum absolute atomic E-state index is 0.0608. The van der Waals surface area contributed by atoms with E-state index in [9.17, 15) is 14.4 Å². The average Bonchev–Trinajstić information content (AvgIpc) is 2.71. The molecule has 154 valence electrons. The second kappa shape index (κ2) is 9.49. The number of piperidine rings is 1. The summed E-state index contributed by atoms with van der Waals surface area (Å²) in [5.41, 5.74) is 1.83. The Morgan fingerprint density at radius 3 is 2.48 bits per heavy atom. The molecule has 7 nitrogen and oxygen atoms in total. The van der Waals surface area contributed by atoms with Crippen molar-refractivity contribution in [3.63, 3.8) is 0 Å². The zero-order valence-corrected chi connectivity index (χ0v) is 17.0. The molecule has 1 aromatic carbocycles. The lowest BCUT2D eigenvalue weighted by Crippen LogP contribution is -2.35. The van der Waals surface area contributed by atoms with Crippen molar-refractivity contribution in [2.24, 2.45) is 5.92 Å². The molecular weight excluding hydrogens is 368 g/mol. The molecule has 7 heteroatoms. The van der Waals surface area contributed by atoms with Gasteiger partial charge in [-0.15, -0.1) is 0 Å². The fourth-order valence-corrected chi connectivity index (χ4v) is 3.49. The number of likely N-dealkylation sites (tertiary alicyclic amines) is 1. The topological polar surface area (TPSA) is 95.2 Å². The van der Waals surface area contributed by atoms with Crippen molar-refractivity contribution in [3.8, 4) is 0 Å². The maximum absolute atomic E-state index is 12.5. The van der Waals surface area contributed by atoms with Crippen molar-refractivity contribution in [1.29, 1.82) is 0 Å². The molecule has 0 bridgehead atoms. The molecule has 1 aliphatic rings. The number of benzene rings is 1. The Morgan fingerprint density at radius 1 is 1.14 bits per heavy atom. The molecule has 1 saturated heterocycles. The van der Waals surface area contributed by atoms with Crippen LogP contribution in [-0.2, 0) is 13.0 Å². The van der Waals surface area contributed by atoms with Gasteiger partial charge in [0.2, 0.25) is 0 Å². The minimum atomic E-state index is -0.520. The molecule has 29 heavy (non-hydrogen) atoms. The third-order valence-electron chi connectivity index (χ3n) is 4.96. The molecule has 2 heterocycles. The quantitative estimate of drug-likeness (QED) is 0.784. The maximum Gasteiger partial charge on any atom is 0.345 e. The van der Waals surface area contributed by atoms with E-state index in [-0.39, 0.29) is 11.6 Å². The first-order chi connectivity index (χ1) is 13.9. The summed E-state index contributed by atoms with van der Waals surface area (Å²) in [5.74, 6) is 0.0235. The summed E-state index contributed by atoms with van der Waals surface area (Å²) in [5, 5.41) is 2.79. The summed E-state index contributed by atoms with van der Waals surface area (Å²) < 4.78 is 0. The zero-order chi connectivity index (χ0) is 20.8. The summed E-state index contributed by atoms with van der Waals surface area (Å²) >= 11 is 0. The van der Waals surface area contributed by atoms with Gasteiger partial charge in [0.1, 0.15) is 5.69 Å². The number of nitrogens with zero attached hydrogens (tertiary/aromatic N) is 2. The molecule has 3 rings (SSSR count). The summed E-state index contributed by atoms with van der Waals surface area (Å²) in [6, 6.07) is 8.90. The van der Waals surface area contributed by atoms with Gasteiger partial charge in [-0.2, -0.15) is 4.98 Å². The van der Waals surface area contributed by atoms with E-state index in [4.69, 9.17) is 0 Å². The summed E-state index contributed by atoms with van der Waals surface area (Å²) in [7, 11) is 0. The molecule has 1 aliphatic heterocycles. The smallest absolute Gasteiger partial charge is 0.345 e. The molecule has 0 saturated carbocycles. The Bertz CT molecular complexity index is 912. The van der Waals surface area contributed by atoms with Crippen LogP contribution < -0.4 is 11.0 Å². The molecule has 0 spiro atoms. The lowest BCUT2D eigenvalue weighted by atomic mass is 10.1. The maximum atomic E-state index is 12.5. The Labute approximate surface area is 170 Å². The summed E-state index contributed by atoms with van der Waals surface area (Å²) in [4.78, 5) is 45.0. The highest BCUT2D eigenvalue weighted by atomic mass is 16.2. The third kappa shape index (κ3) is 5.76. The van der Waals surface area contributed by atoms with Crippen LogP contribution in [0.5, 0.6) is 0 Å². The largest absolute Gasteiger partial charge is 0.347 e. The number of hydrogen-bond acceptors (Lipinski definition) is 4. The molecule has 1 aromatic heterocycles. The van der Waals surface area contributed by atoms with Crippen LogP contribution in [0, 0.1) is 5.92 Å². The lowest BCUT2D eigenvalue weighted by molar-refractivity contribution is 0.0724. The van der Waals surface area contributed by atoms with Crippen LogP contribution in [0.3, 0.4) is 0 Å². The third-order valence-corrected chi connectivity index (χ3v) is 4.96. The van der Waals surface area contributed by atoms with E-state index in [0.717, 1.165) is 31.5 Å². The van der Waals surface area contributed by atoms with Crippen molar-refractivity contribution in [1.82, 2.24) is 20.2 Å². The van der Waals surface area contributed by atoms with Crippen molar-refractivity contribution in [2.75, 3.05) is 13.1 Å². The Balaban J connectivity index is 1.60. The van der Waals surface area contributed by atoms with Gasteiger partial charge >= 0.3 is 5.69 Å². The highest BCUT2D eigenvalue weighted by Crippen LogP contribution is 2.14. The number of carbonyl (C=O) groups excluding carboxylic acids is 2. The molecule has 2 N–H and O–H groups in total. The normalized spacial score (nSPS) is 14.1. The standard InChI is InChI=1S/C22H28N4O3/c1-15(2)12-18-13-19(25-22(29)24-18)20(27)23-14-16-6-8-17(9-7-16)21(28)26-10-4-3-5-11-26/h6-9,13,15H,3-5,10-12,14H2,1-2H3,(H,23,27)(H,24,25,29). The number of hydrogen-bond donors (Lipinski definition) is 2. The van der Waals surface area contributed by atoms with Gasteiger partial charge in [-0.1, -0.05) is 26.0 Å². The van der Waals surface area contributed by atoms with Crippen LogP contribution in [0.2, 0.25) is 0 Å². The first kappa shape index (κ1) is 20.8. The first-order valence-corrected chi connectivity index (χ1v) is 10.2. The van der Waals surface area contributed by atoms with Crippen molar-refractivity contribution >= 4 is 11.8 Å². The van der Waals surface area contributed by atoms with E-state index in [2.05, 4.69) is 15.3 Å².